The van der Waals surface area contributed by atoms with Gasteiger partial charge < -0.3 is 14.2 Å². The number of carbonyl (C=O) groups excluding carboxylic acids is 3. The van der Waals surface area contributed by atoms with E-state index in [0.29, 0.717) is 19.3 Å². The molecule has 0 aromatic heterocycles. The molecule has 0 N–H and O–H groups in total. The third-order valence-corrected chi connectivity index (χ3v) is 15.9. The van der Waals surface area contributed by atoms with Crippen LogP contribution in [0.5, 0.6) is 0 Å². The predicted octanol–water partition coefficient (Wildman–Crippen LogP) is 25.0. The molecular formula is C77H136O6. The summed E-state index contributed by atoms with van der Waals surface area (Å²) in [4.78, 5) is 38.4. The van der Waals surface area contributed by atoms with E-state index in [1.165, 1.54) is 231 Å². The lowest BCUT2D eigenvalue weighted by Crippen LogP contribution is -2.30. The highest BCUT2D eigenvalue weighted by Gasteiger charge is 2.19. The standard InChI is InChI=1S/C77H136O6/c1-4-7-10-13-16-19-22-25-27-29-31-33-35-37-38-40-41-43-45-47-49-52-55-58-61-64-67-70-76(79)82-73-74(72-81-75(78)69-66-63-60-57-54-51-24-21-18-15-12-9-6-3)83-77(80)71-68-65-62-59-56-53-50-48-46-44-42-39-36-34-32-30-28-26-23-20-17-14-11-8-5-2/h9,12,18,21,23,26,29-32,36,39,51,54,74H,4-8,10-11,13-17,19-20,22,24-25,27-28,33-35,37-38,40-50,52-53,55-73H2,1-3H3/b12-9-,21-18-,26-23-,31-29-,32-30-,39-36-,54-51-. The molecule has 0 heterocycles. The summed E-state index contributed by atoms with van der Waals surface area (Å²) in [5.74, 6) is -0.903. The zero-order chi connectivity index (χ0) is 59.9. The van der Waals surface area contributed by atoms with Gasteiger partial charge in [0.05, 0.1) is 0 Å². The first-order valence-electron chi connectivity index (χ1n) is 36.1. The number of unbranched alkanes of at least 4 members (excludes halogenated alkanes) is 41. The third-order valence-electron chi connectivity index (χ3n) is 15.9. The second-order valence-electron chi connectivity index (χ2n) is 24.1. The van der Waals surface area contributed by atoms with Crippen LogP contribution in [0.15, 0.2) is 85.1 Å². The number of rotatable bonds is 66. The second kappa shape index (κ2) is 71.1. The zero-order valence-electron chi connectivity index (χ0n) is 55.2. The van der Waals surface area contributed by atoms with Crippen LogP contribution >= 0.6 is 0 Å². The molecule has 0 rings (SSSR count). The van der Waals surface area contributed by atoms with E-state index in [1.54, 1.807) is 0 Å². The van der Waals surface area contributed by atoms with Crippen molar-refractivity contribution in [1.29, 1.82) is 0 Å². The van der Waals surface area contributed by atoms with Gasteiger partial charge in [0.2, 0.25) is 0 Å². The maximum atomic E-state index is 13.0. The minimum Gasteiger partial charge on any atom is -0.462 e. The molecule has 6 heteroatoms. The quantitative estimate of drug-likeness (QED) is 0.0261. The van der Waals surface area contributed by atoms with Gasteiger partial charge >= 0.3 is 17.9 Å². The molecule has 0 aromatic rings. The summed E-state index contributed by atoms with van der Waals surface area (Å²) in [6.07, 6.45) is 94.8. The third kappa shape index (κ3) is 69.3. The van der Waals surface area contributed by atoms with Crippen molar-refractivity contribution in [1.82, 2.24) is 0 Å². The first-order valence-corrected chi connectivity index (χ1v) is 36.1. The summed E-state index contributed by atoms with van der Waals surface area (Å²) >= 11 is 0. The van der Waals surface area contributed by atoms with Crippen LogP contribution < -0.4 is 0 Å². The Morgan fingerprint density at radius 1 is 0.253 bits per heavy atom. The Bertz CT molecular complexity index is 1570. The van der Waals surface area contributed by atoms with Crippen molar-refractivity contribution in [3.63, 3.8) is 0 Å². The number of allylic oxidation sites excluding steroid dienone is 14. The van der Waals surface area contributed by atoms with Crippen LogP contribution in [0.2, 0.25) is 0 Å². The van der Waals surface area contributed by atoms with E-state index >= 15 is 0 Å². The smallest absolute Gasteiger partial charge is 0.306 e. The second-order valence-corrected chi connectivity index (χ2v) is 24.1. The lowest BCUT2D eigenvalue weighted by molar-refractivity contribution is -0.167. The molecule has 0 aromatic carbocycles. The summed E-state index contributed by atoms with van der Waals surface area (Å²) in [7, 11) is 0. The van der Waals surface area contributed by atoms with Crippen molar-refractivity contribution >= 4 is 17.9 Å². The van der Waals surface area contributed by atoms with Gasteiger partial charge in [0.1, 0.15) is 13.2 Å². The van der Waals surface area contributed by atoms with E-state index in [4.69, 9.17) is 14.2 Å². The van der Waals surface area contributed by atoms with Crippen molar-refractivity contribution in [2.45, 2.75) is 374 Å². The molecule has 1 atom stereocenters. The molecule has 0 aliphatic carbocycles. The Morgan fingerprint density at radius 3 is 0.759 bits per heavy atom. The molecule has 0 aliphatic heterocycles. The first kappa shape index (κ1) is 79.6. The van der Waals surface area contributed by atoms with Crippen LogP contribution in [-0.4, -0.2) is 37.2 Å². The van der Waals surface area contributed by atoms with Crippen molar-refractivity contribution in [3.05, 3.63) is 85.1 Å². The van der Waals surface area contributed by atoms with Crippen molar-refractivity contribution < 1.29 is 28.6 Å². The van der Waals surface area contributed by atoms with E-state index < -0.39 is 6.10 Å². The molecule has 0 amide bonds. The van der Waals surface area contributed by atoms with Gasteiger partial charge in [-0.15, -0.1) is 0 Å². The number of esters is 3. The number of carbonyl (C=O) groups is 3. The van der Waals surface area contributed by atoms with Crippen molar-refractivity contribution in [2.24, 2.45) is 0 Å². The normalized spacial score (nSPS) is 12.6. The lowest BCUT2D eigenvalue weighted by atomic mass is 10.0. The van der Waals surface area contributed by atoms with Crippen LogP contribution in [0.25, 0.3) is 0 Å². The van der Waals surface area contributed by atoms with Gasteiger partial charge in [-0.1, -0.05) is 318 Å². The first-order chi connectivity index (χ1) is 41.0. The Kier molecular flexibility index (Phi) is 68.2. The molecule has 0 bridgehead atoms. The van der Waals surface area contributed by atoms with Gasteiger partial charge in [-0.05, 0) is 116 Å². The highest BCUT2D eigenvalue weighted by Crippen LogP contribution is 2.18. The predicted molar refractivity (Wildman–Crippen MR) is 362 cm³/mol. The molecule has 0 spiro atoms. The Balaban J connectivity index is 4.27. The largest absolute Gasteiger partial charge is 0.462 e. The molecular weight excluding hydrogens is 1020 g/mol. The SMILES string of the molecule is CC/C=C\C/C=C\C/C=C\CCCCCC(=O)OCC(COC(=O)CCCCCCCCCCCCCCCCC/C=C\CCCCCCCCCC)OC(=O)CCCCCCCCCCCC/C=C\C/C=C\C/C=C\CCCCCCC. The van der Waals surface area contributed by atoms with Gasteiger partial charge in [-0.3, -0.25) is 14.4 Å². The molecule has 480 valence electrons. The van der Waals surface area contributed by atoms with Crippen LogP contribution in [0, 0.1) is 0 Å². The van der Waals surface area contributed by atoms with Crippen LogP contribution in [0.4, 0.5) is 0 Å². The van der Waals surface area contributed by atoms with Crippen LogP contribution in [-0.2, 0) is 28.6 Å². The summed E-state index contributed by atoms with van der Waals surface area (Å²) < 4.78 is 17.0. The Morgan fingerprint density at radius 2 is 0.470 bits per heavy atom. The van der Waals surface area contributed by atoms with Gasteiger partial charge in [0.15, 0.2) is 6.10 Å². The Hall–Kier alpha value is -3.41. The monoisotopic (exact) mass is 1160 g/mol. The fourth-order valence-electron chi connectivity index (χ4n) is 10.5. The average molecular weight is 1160 g/mol. The highest BCUT2D eigenvalue weighted by atomic mass is 16.6. The van der Waals surface area contributed by atoms with E-state index in [-0.39, 0.29) is 31.1 Å². The number of hydrogen-bond acceptors (Lipinski definition) is 6. The number of ether oxygens (including phenoxy) is 3. The molecule has 6 nitrogen and oxygen atoms in total. The highest BCUT2D eigenvalue weighted by molar-refractivity contribution is 5.71. The fraction of sp³-hybridized carbons (Fsp3) is 0.779. The van der Waals surface area contributed by atoms with Gasteiger partial charge in [0.25, 0.3) is 0 Å². The fourth-order valence-corrected chi connectivity index (χ4v) is 10.5. The molecule has 0 saturated carbocycles. The molecule has 0 aliphatic rings. The van der Waals surface area contributed by atoms with E-state index in [0.717, 1.165) is 96.3 Å². The van der Waals surface area contributed by atoms with E-state index in [2.05, 4.69) is 106 Å². The lowest BCUT2D eigenvalue weighted by Gasteiger charge is -2.18. The maximum absolute atomic E-state index is 13.0. The minimum atomic E-state index is -0.792. The summed E-state index contributed by atoms with van der Waals surface area (Å²) in [6, 6.07) is 0. The minimum absolute atomic E-state index is 0.0852. The van der Waals surface area contributed by atoms with Gasteiger partial charge in [-0.2, -0.15) is 0 Å². The zero-order valence-corrected chi connectivity index (χ0v) is 55.2. The summed E-state index contributed by atoms with van der Waals surface area (Å²) in [6.45, 7) is 6.53. The summed E-state index contributed by atoms with van der Waals surface area (Å²) in [5.41, 5.74) is 0. The molecule has 0 saturated heterocycles. The van der Waals surface area contributed by atoms with Gasteiger partial charge in [0, 0.05) is 19.3 Å². The van der Waals surface area contributed by atoms with Crippen molar-refractivity contribution in [2.75, 3.05) is 13.2 Å². The molecule has 0 fully saturated rings. The van der Waals surface area contributed by atoms with Gasteiger partial charge in [-0.25, -0.2) is 0 Å². The topological polar surface area (TPSA) is 78.9 Å². The molecule has 1 unspecified atom stereocenters. The maximum Gasteiger partial charge on any atom is 0.306 e. The van der Waals surface area contributed by atoms with Crippen molar-refractivity contribution in [3.8, 4) is 0 Å². The average Bonchev–Trinajstić information content (AvgIpc) is 3.49. The van der Waals surface area contributed by atoms with Crippen LogP contribution in [0.3, 0.4) is 0 Å². The molecule has 0 radical (unpaired) electrons. The van der Waals surface area contributed by atoms with Crippen LogP contribution in [0.1, 0.15) is 367 Å². The van der Waals surface area contributed by atoms with E-state index in [1.807, 2.05) is 0 Å². The number of hydrogen-bond donors (Lipinski definition) is 0. The van der Waals surface area contributed by atoms with E-state index in [9.17, 15) is 14.4 Å². The molecule has 83 heavy (non-hydrogen) atoms. The summed E-state index contributed by atoms with van der Waals surface area (Å²) in [5, 5.41) is 0. The Labute approximate surface area is 515 Å².